The van der Waals surface area contributed by atoms with Gasteiger partial charge in [0.1, 0.15) is 11.6 Å². The summed E-state index contributed by atoms with van der Waals surface area (Å²) in [5.74, 6) is -0.0585. The Morgan fingerprint density at radius 3 is 2.62 bits per heavy atom. The van der Waals surface area contributed by atoms with Crippen molar-refractivity contribution in [2.24, 2.45) is 0 Å². The summed E-state index contributed by atoms with van der Waals surface area (Å²) in [6, 6.07) is 13.2. The summed E-state index contributed by atoms with van der Waals surface area (Å²) in [4.78, 5) is 5.58. The minimum absolute atomic E-state index is 0.201. The molecule has 3 aromatic rings. The summed E-state index contributed by atoms with van der Waals surface area (Å²) in [7, 11) is 0. The van der Waals surface area contributed by atoms with Crippen molar-refractivity contribution in [3.8, 4) is 17.0 Å². The second kappa shape index (κ2) is 5.54. The lowest BCUT2D eigenvalue weighted by atomic mass is 10.1. The Morgan fingerprint density at radius 1 is 1.14 bits per heavy atom. The quantitative estimate of drug-likeness (QED) is 0.736. The molecular formula is C16H13FN2OS. The number of anilines is 2. The fourth-order valence-corrected chi connectivity index (χ4v) is 2.89. The van der Waals surface area contributed by atoms with Crippen LogP contribution in [0.1, 0.15) is 4.88 Å². The molecule has 0 saturated carbocycles. The molecule has 0 amide bonds. The van der Waals surface area contributed by atoms with Gasteiger partial charge < -0.3 is 10.4 Å². The van der Waals surface area contributed by atoms with Crippen LogP contribution in [-0.4, -0.2) is 10.1 Å². The molecule has 0 radical (unpaired) electrons. The molecule has 0 aliphatic rings. The zero-order valence-corrected chi connectivity index (χ0v) is 12.1. The number of benzene rings is 2. The van der Waals surface area contributed by atoms with Crippen LogP contribution in [0.4, 0.5) is 15.2 Å². The Kier molecular flexibility index (Phi) is 3.58. The van der Waals surface area contributed by atoms with E-state index in [1.165, 1.54) is 23.5 Å². The van der Waals surface area contributed by atoms with Crippen LogP contribution in [0.5, 0.6) is 5.75 Å². The van der Waals surface area contributed by atoms with E-state index in [2.05, 4.69) is 10.3 Å². The van der Waals surface area contributed by atoms with Gasteiger partial charge >= 0.3 is 0 Å². The number of hydrogen-bond acceptors (Lipinski definition) is 4. The van der Waals surface area contributed by atoms with Crippen LogP contribution < -0.4 is 5.32 Å². The molecule has 5 heteroatoms. The number of aromatic nitrogens is 1. The minimum Gasteiger partial charge on any atom is -0.508 e. The molecule has 21 heavy (non-hydrogen) atoms. The summed E-state index contributed by atoms with van der Waals surface area (Å²) >= 11 is 1.52. The first kappa shape index (κ1) is 13.6. The SMILES string of the molecule is Cc1sc(Nc2cccc(O)c2)nc1-c1ccc(F)cc1. The molecule has 3 rings (SSSR count). The van der Waals surface area contributed by atoms with Crippen molar-refractivity contribution >= 4 is 22.2 Å². The average Bonchev–Trinajstić information content (AvgIpc) is 2.80. The predicted molar refractivity (Wildman–Crippen MR) is 83.6 cm³/mol. The fraction of sp³-hybridized carbons (Fsp3) is 0.0625. The van der Waals surface area contributed by atoms with E-state index in [4.69, 9.17) is 0 Å². The van der Waals surface area contributed by atoms with Crippen LogP contribution in [0, 0.1) is 12.7 Å². The predicted octanol–water partition coefficient (Wildman–Crippen LogP) is 4.71. The molecule has 0 aliphatic heterocycles. The molecule has 2 N–H and O–H groups in total. The Bertz CT molecular complexity index is 768. The molecule has 0 atom stereocenters. The molecule has 0 unspecified atom stereocenters. The van der Waals surface area contributed by atoms with Gasteiger partial charge in [-0.2, -0.15) is 0 Å². The van der Waals surface area contributed by atoms with Crippen LogP contribution in [-0.2, 0) is 0 Å². The number of phenolic OH excluding ortho intramolecular Hbond substituents is 1. The molecule has 0 fully saturated rings. The van der Waals surface area contributed by atoms with Crippen LogP contribution in [0.3, 0.4) is 0 Å². The standard InChI is InChI=1S/C16H13FN2OS/c1-10-15(11-5-7-12(17)8-6-11)19-16(21-10)18-13-3-2-4-14(20)9-13/h2-9,20H,1H3,(H,18,19). The average molecular weight is 300 g/mol. The second-order valence-electron chi connectivity index (χ2n) is 4.61. The summed E-state index contributed by atoms with van der Waals surface area (Å²) in [6.07, 6.45) is 0. The number of rotatable bonds is 3. The smallest absolute Gasteiger partial charge is 0.187 e. The highest BCUT2D eigenvalue weighted by Crippen LogP contribution is 2.32. The van der Waals surface area contributed by atoms with Crippen molar-refractivity contribution in [2.45, 2.75) is 6.92 Å². The van der Waals surface area contributed by atoms with Crippen molar-refractivity contribution in [1.29, 1.82) is 0 Å². The zero-order chi connectivity index (χ0) is 14.8. The number of nitrogens with zero attached hydrogens (tertiary/aromatic N) is 1. The number of thiazole rings is 1. The number of phenols is 1. The lowest BCUT2D eigenvalue weighted by Crippen LogP contribution is -1.89. The van der Waals surface area contributed by atoms with Crippen molar-refractivity contribution < 1.29 is 9.50 Å². The number of nitrogens with one attached hydrogen (secondary N) is 1. The van der Waals surface area contributed by atoms with Gasteiger partial charge in [0.25, 0.3) is 0 Å². The topological polar surface area (TPSA) is 45.1 Å². The van der Waals surface area contributed by atoms with Gasteiger partial charge in [0.15, 0.2) is 5.13 Å². The van der Waals surface area contributed by atoms with Crippen LogP contribution in [0.2, 0.25) is 0 Å². The summed E-state index contributed by atoms with van der Waals surface area (Å²) in [5.41, 5.74) is 2.49. The first-order valence-electron chi connectivity index (χ1n) is 6.41. The molecule has 1 heterocycles. The van der Waals surface area contributed by atoms with Crippen LogP contribution in [0.15, 0.2) is 48.5 Å². The highest BCUT2D eigenvalue weighted by molar-refractivity contribution is 7.16. The van der Waals surface area contributed by atoms with E-state index >= 15 is 0 Å². The van der Waals surface area contributed by atoms with Gasteiger partial charge in [-0.15, -0.1) is 11.3 Å². The van der Waals surface area contributed by atoms with E-state index in [-0.39, 0.29) is 11.6 Å². The minimum atomic E-state index is -0.259. The molecule has 0 saturated heterocycles. The van der Waals surface area contributed by atoms with E-state index in [9.17, 15) is 9.50 Å². The van der Waals surface area contributed by atoms with Crippen molar-refractivity contribution in [3.63, 3.8) is 0 Å². The van der Waals surface area contributed by atoms with E-state index in [0.717, 1.165) is 27.0 Å². The monoisotopic (exact) mass is 300 g/mol. The lowest BCUT2D eigenvalue weighted by molar-refractivity contribution is 0.475. The summed E-state index contributed by atoms with van der Waals surface area (Å²) in [5, 5.41) is 13.4. The Hall–Kier alpha value is -2.40. The molecule has 0 aliphatic carbocycles. The third kappa shape index (κ3) is 3.03. The summed E-state index contributed by atoms with van der Waals surface area (Å²) < 4.78 is 13.0. The van der Waals surface area contributed by atoms with Gasteiger partial charge in [0, 0.05) is 22.2 Å². The van der Waals surface area contributed by atoms with Gasteiger partial charge in [-0.1, -0.05) is 6.07 Å². The zero-order valence-electron chi connectivity index (χ0n) is 11.3. The van der Waals surface area contributed by atoms with Crippen molar-refractivity contribution in [1.82, 2.24) is 4.98 Å². The highest BCUT2D eigenvalue weighted by Gasteiger charge is 2.10. The second-order valence-corrected chi connectivity index (χ2v) is 5.81. The van der Waals surface area contributed by atoms with Gasteiger partial charge in [-0.3, -0.25) is 0 Å². The molecule has 2 aromatic carbocycles. The molecule has 0 bridgehead atoms. The third-order valence-electron chi connectivity index (χ3n) is 3.01. The van der Waals surface area contributed by atoms with Crippen LogP contribution >= 0.6 is 11.3 Å². The van der Waals surface area contributed by atoms with Crippen LogP contribution in [0.25, 0.3) is 11.3 Å². The van der Waals surface area contributed by atoms with Gasteiger partial charge in [-0.05, 0) is 43.3 Å². The van der Waals surface area contributed by atoms with E-state index in [1.54, 1.807) is 30.3 Å². The Morgan fingerprint density at radius 2 is 1.90 bits per heavy atom. The molecule has 0 spiro atoms. The lowest BCUT2D eigenvalue weighted by Gasteiger charge is -2.02. The van der Waals surface area contributed by atoms with E-state index in [0.29, 0.717) is 0 Å². The first-order valence-corrected chi connectivity index (χ1v) is 7.23. The number of hydrogen-bond donors (Lipinski definition) is 2. The first-order chi connectivity index (χ1) is 10.1. The molecule has 106 valence electrons. The van der Waals surface area contributed by atoms with Crippen molar-refractivity contribution in [3.05, 3.63) is 59.2 Å². The van der Waals surface area contributed by atoms with Gasteiger partial charge in [0.05, 0.1) is 5.69 Å². The maximum Gasteiger partial charge on any atom is 0.187 e. The molecule has 3 nitrogen and oxygen atoms in total. The maximum absolute atomic E-state index is 13.0. The maximum atomic E-state index is 13.0. The Balaban J connectivity index is 1.89. The number of aromatic hydroxyl groups is 1. The third-order valence-corrected chi connectivity index (χ3v) is 3.90. The Labute approximate surface area is 125 Å². The largest absolute Gasteiger partial charge is 0.508 e. The number of aryl methyl sites for hydroxylation is 1. The van der Waals surface area contributed by atoms with E-state index < -0.39 is 0 Å². The van der Waals surface area contributed by atoms with Crippen molar-refractivity contribution in [2.75, 3.05) is 5.32 Å². The number of halogens is 1. The normalized spacial score (nSPS) is 10.6. The fourth-order valence-electron chi connectivity index (χ4n) is 2.03. The van der Waals surface area contributed by atoms with Gasteiger partial charge in [-0.25, -0.2) is 9.37 Å². The molecule has 1 aromatic heterocycles. The summed E-state index contributed by atoms with van der Waals surface area (Å²) in [6.45, 7) is 1.98. The molecular weight excluding hydrogens is 287 g/mol. The van der Waals surface area contributed by atoms with E-state index in [1.807, 2.05) is 13.0 Å². The van der Waals surface area contributed by atoms with Gasteiger partial charge in [0.2, 0.25) is 0 Å². The highest BCUT2D eigenvalue weighted by atomic mass is 32.1.